The molecule has 1 fully saturated rings. The third-order valence-electron chi connectivity index (χ3n) is 5.21. The molecule has 2 aromatic heterocycles. The summed E-state index contributed by atoms with van der Waals surface area (Å²) in [5, 5.41) is 5.80. The monoisotopic (exact) mass is 394 g/mol. The van der Waals surface area contributed by atoms with E-state index in [1.165, 1.54) is 27.4 Å². The first-order chi connectivity index (χ1) is 13.3. The van der Waals surface area contributed by atoms with Crippen LogP contribution in [0.25, 0.3) is 15.9 Å². The highest BCUT2D eigenvalue weighted by Crippen LogP contribution is 2.28. The molecule has 1 N–H and O–H groups in total. The van der Waals surface area contributed by atoms with Crippen molar-refractivity contribution in [1.29, 1.82) is 0 Å². The number of quaternary nitrogens is 1. The highest BCUT2D eigenvalue weighted by atomic mass is 32.1. The minimum Gasteiger partial charge on any atom is -0.308 e. The summed E-state index contributed by atoms with van der Waals surface area (Å²) >= 11 is 7.51. The van der Waals surface area contributed by atoms with Crippen LogP contribution in [0.1, 0.15) is 23.9 Å². The number of fused-ring (bicyclic) bond motifs is 1. The molecule has 7 heteroatoms. The Morgan fingerprint density at radius 2 is 1.93 bits per heavy atom. The van der Waals surface area contributed by atoms with Crippen LogP contribution in [-0.4, -0.2) is 25.9 Å². The Morgan fingerprint density at radius 1 is 1.11 bits per heavy atom. The van der Waals surface area contributed by atoms with Gasteiger partial charge in [0.2, 0.25) is 4.77 Å². The van der Waals surface area contributed by atoms with Crippen LogP contribution in [0, 0.1) is 4.77 Å². The largest absolute Gasteiger partial charge is 0.308 e. The van der Waals surface area contributed by atoms with Gasteiger partial charge in [0.15, 0.2) is 11.7 Å². The van der Waals surface area contributed by atoms with Gasteiger partial charge in [-0.3, -0.25) is 4.57 Å². The summed E-state index contributed by atoms with van der Waals surface area (Å²) in [6.07, 6.45) is 4.20. The molecule has 2 atom stereocenters. The predicted octanol–water partition coefficient (Wildman–Crippen LogP) is 3.39. The molecule has 0 bridgehead atoms. The molecule has 1 unspecified atom stereocenters. The van der Waals surface area contributed by atoms with E-state index in [-0.39, 0.29) is 0 Å². The first kappa shape index (κ1) is 16.8. The minimum absolute atomic E-state index is 0.422. The average molecular weight is 395 g/mol. The van der Waals surface area contributed by atoms with Gasteiger partial charge < -0.3 is 4.90 Å². The number of thiazole rings is 1. The molecule has 0 radical (unpaired) electrons. The van der Waals surface area contributed by atoms with Gasteiger partial charge in [0.1, 0.15) is 12.4 Å². The van der Waals surface area contributed by atoms with Gasteiger partial charge in [-0.1, -0.05) is 30.3 Å². The van der Waals surface area contributed by atoms with Crippen molar-refractivity contribution in [2.24, 2.45) is 0 Å². The Kier molecular flexibility index (Phi) is 4.35. The van der Waals surface area contributed by atoms with Crippen molar-refractivity contribution in [3.8, 4) is 5.69 Å². The number of aromatic nitrogens is 4. The Labute approximate surface area is 166 Å². The van der Waals surface area contributed by atoms with Crippen molar-refractivity contribution in [2.45, 2.75) is 25.6 Å². The molecule has 0 aliphatic carbocycles. The fraction of sp³-hybridized carbons (Fsp3) is 0.250. The molecule has 1 aliphatic heterocycles. The van der Waals surface area contributed by atoms with Crippen LogP contribution in [0.5, 0.6) is 0 Å². The van der Waals surface area contributed by atoms with E-state index in [2.05, 4.69) is 41.5 Å². The van der Waals surface area contributed by atoms with Crippen molar-refractivity contribution < 1.29 is 4.90 Å². The van der Waals surface area contributed by atoms with E-state index in [4.69, 9.17) is 17.2 Å². The van der Waals surface area contributed by atoms with Crippen LogP contribution in [-0.2, 0) is 6.67 Å². The summed E-state index contributed by atoms with van der Waals surface area (Å²) in [5.74, 6) is 0. The van der Waals surface area contributed by atoms with Gasteiger partial charge in [-0.2, -0.15) is 9.78 Å². The van der Waals surface area contributed by atoms with Crippen LogP contribution in [0.15, 0.2) is 60.9 Å². The van der Waals surface area contributed by atoms with E-state index in [0.717, 1.165) is 29.2 Å². The predicted molar refractivity (Wildman–Crippen MR) is 110 cm³/mol. The van der Waals surface area contributed by atoms with Crippen LogP contribution >= 0.6 is 23.6 Å². The van der Waals surface area contributed by atoms with Crippen molar-refractivity contribution >= 4 is 33.8 Å². The molecular formula is C20H20N5S2+. The standard InChI is InChI=1S/C20H19N5S2/c26-20-24(15-7-2-1-3-8-15)13-21-25(20)14-23-12-6-10-17(23)19-22-16-9-4-5-11-18(16)27-19/h1-5,7-9,11,13,17H,6,10,12,14H2/p+1/t17-/m1/s1. The Bertz CT molecular complexity index is 1090. The van der Waals surface area contributed by atoms with Gasteiger partial charge in [-0.05, 0) is 36.5 Å². The number of benzene rings is 2. The molecule has 4 aromatic rings. The maximum absolute atomic E-state index is 5.69. The number of nitrogens with one attached hydrogen (secondary N) is 1. The second-order valence-corrected chi connectivity index (χ2v) is 8.33. The summed E-state index contributed by atoms with van der Waals surface area (Å²) in [5.41, 5.74) is 2.15. The van der Waals surface area contributed by atoms with Gasteiger partial charge in [-0.15, -0.1) is 11.3 Å². The lowest BCUT2D eigenvalue weighted by Crippen LogP contribution is -3.09. The summed E-state index contributed by atoms with van der Waals surface area (Å²) in [7, 11) is 0. The van der Waals surface area contributed by atoms with Crippen molar-refractivity contribution in [3.05, 3.63) is 70.7 Å². The first-order valence-corrected chi connectivity index (χ1v) is 10.4. The third kappa shape index (κ3) is 3.12. The van der Waals surface area contributed by atoms with E-state index in [9.17, 15) is 0 Å². The molecule has 0 amide bonds. The van der Waals surface area contributed by atoms with Crippen LogP contribution in [0.4, 0.5) is 0 Å². The molecule has 27 heavy (non-hydrogen) atoms. The maximum Gasteiger partial charge on any atom is 0.207 e. The first-order valence-electron chi connectivity index (χ1n) is 9.19. The number of rotatable bonds is 4. The fourth-order valence-electron chi connectivity index (χ4n) is 3.84. The maximum atomic E-state index is 5.69. The fourth-order valence-corrected chi connectivity index (χ4v) is 5.27. The zero-order valence-electron chi connectivity index (χ0n) is 14.8. The highest BCUT2D eigenvalue weighted by Gasteiger charge is 2.33. The van der Waals surface area contributed by atoms with Crippen molar-refractivity contribution in [1.82, 2.24) is 19.3 Å². The second kappa shape index (κ2) is 6.99. The van der Waals surface area contributed by atoms with E-state index < -0.39 is 0 Å². The van der Waals surface area contributed by atoms with Gasteiger partial charge in [-0.25, -0.2) is 4.98 Å². The second-order valence-electron chi connectivity index (χ2n) is 6.90. The molecule has 1 aliphatic rings. The lowest BCUT2D eigenvalue weighted by Gasteiger charge is -2.19. The van der Waals surface area contributed by atoms with Gasteiger partial charge in [0.25, 0.3) is 0 Å². The van der Waals surface area contributed by atoms with Crippen LogP contribution in [0.2, 0.25) is 0 Å². The SMILES string of the molecule is S=c1n(-c2ccccc2)cnn1C[NH+]1CCC[C@@H]1c1nc2ccccc2s1. The average Bonchev–Trinajstić information content (AvgIpc) is 3.41. The number of likely N-dealkylation sites (tertiary alicyclic amines) is 1. The zero-order valence-corrected chi connectivity index (χ0v) is 16.4. The number of nitrogens with zero attached hydrogens (tertiary/aromatic N) is 4. The molecule has 0 spiro atoms. The molecule has 2 aromatic carbocycles. The number of hydrogen-bond acceptors (Lipinski definition) is 4. The molecule has 5 nitrogen and oxygen atoms in total. The van der Waals surface area contributed by atoms with Gasteiger partial charge >= 0.3 is 0 Å². The highest BCUT2D eigenvalue weighted by molar-refractivity contribution is 7.71. The van der Waals surface area contributed by atoms with Crippen LogP contribution < -0.4 is 4.90 Å². The normalized spacial score (nSPS) is 19.7. The summed E-state index contributed by atoms with van der Waals surface area (Å²) in [6.45, 7) is 1.90. The van der Waals surface area contributed by atoms with Crippen molar-refractivity contribution in [2.75, 3.05) is 6.54 Å². The molecule has 1 saturated heterocycles. The lowest BCUT2D eigenvalue weighted by molar-refractivity contribution is -0.941. The van der Waals surface area contributed by atoms with E-state index >= 15 is 0 Å². The smallest absolute Gasteiger partial charge is 0.207 e. The number of hydrogen-bond donors (Lipinski definition) is 1. The molecule has 136 valence electrons. The van der Waals surface area contributed by atoms with E-state index in [1.54, 1.807) is 0 Å². The molecule has 3 heterocycles. The number of para-hydroxylation sites is 2. The van der Waals surface area contributed by atoms with Crippen LogP contribution in [0.3, 0.4) is 0 Å². The molecule has 5 rings (SSSR count). The van der Waals surface area contributed by atoms with E-state index in [1.807, 2.05) is 45.1 Å². The topological polar surface area (TPSA) is 40.1 Å². The van der Waals surface area contributed by atoms with Gasteiger partial charge in [0.05, 0.1) is 16.8 Å². The molecular weight excluding hydrogens is 374 g/mol. The zero-order chi connectivity index (χ0) is 18.2. The van der Waals surface area contributed by atoms with E-state index in [0.29, 0.717) is 6.04 Å². The summed E-state index contributed by atoms with van der Waals surface area (Å²) in [6, 6.07) is 19.0. The Balaban J connectivity index is 1.42. The quantitative estimate of drug-likeness (QED) is 0.540. The molecule has 0 saturated carbocycles. The summed E-state index contributed by atoms with van der Waals surface area (Å²) < 4.78 is 5.92. The van der Waals surface area contributed by atoms with Crippen molar-refractivity contribution in [3.63, 3.8) is 0 Å². The Morgan fingerprint density at radius 3 is 2.78 bits per heavy atom. The lowest BCUT2D eigenvalue weighted by atomic mass is 10.2. The van der Waals surface area contributed by atoms with Gasteiger partial charge in [0, 0.05) is 18.5 Å². The Hall–Kier alpha value is -2.35. The minimum atomic E-state index is 0.422. The summed E-state index contributed by atoms with van der Waals surface area (Å²) in [4.78, 5) is 6.39. The third-order valence-corrected chi connectivity index (χ3v) is 6.77.